The molecule has 100 valence electrons. The van der Waals surface area contributed by atoms with Crippen LogP contribution in [0, 0.1) is 5.92 Å². The predicted molar refractivity (Wildman–Crippen MR) is 69.2 cm³/mol. The molecular weight excluding hydrogens is 242 g/mol. The molecule has 1 aromatic carbocycles. The number of hydrogen-bond acceptors (Lipinski definition) is 3. The minimum Gasteiger partial charge on any atom is -0.460 e. The van der Waals surface area contributed by atoms with Gasteiger partial charge in [-0.3, -0.25) is 9.59 Å². The molecule has 4 nitrogen and oxygen atoms in total. The van der Waals surface area contributed by atoms with Crippen LogP contribution in [0.5, 0.6) is 0 Å². The first kappa shape index (κ1) is 12.2. The molecule has 4 atom stereocenters. The van der Waals surface area contributed by atoms with E-state index in [1.54, 1.807) is 6.92 Å². The summed E-state index contributed by atoms with van der Waals surface area (Å²) in [6.07, 6.45) is 0.795. The third kappa shape index (κ3) is 1.82. The van der Waals surface area contributed by atoms with E-state index in [1.165, 1.54) is 6.92 Å². The fourth-order valence-electron chi connectivity index (χ4n) is 3.47. The summed E-state index contributed by atoms with van der Waals surface area (Å²) in [5, 5.41) is 0. The lowest BCUT2D eigenvalue weighted by atomic mass is 9.78. The van der Waals surface area contributed by atoms with Gasteiger partial charge < -0.3 is 9.64 Å². The summed E-state index contributed by atoms with van der Waals surface area (Å²) < 4.78 is 5.37. The number of carbonyl (C=O) groups is 2. The summed E-state index contributed by atoms with van der Waals surface area (Å²) in [6, 6.07) is 10.1. The second-order valence-electron chi connectivity index (χ2n) is 5.32. The van der Waals surface area contributed by atoms with Gasteiger partial charge in [0.25, 0.3) is 0 Å². The van der Waals surface area contributed by atoms with Crippen LogP contribution in [-0.2, 0) is 14.3 Å². The minimum atomic E-state index is -0.267. The summed E-state index contributed by atoms with van der Waals surface area (Å²) in [6.45, 7) is 3.01. The summed E-state index contributed by atoms with van der Waals surface area (Å²) >= 11 is 0. The highest BCUT2D eigenvalue weighted by Crippen LogP contribution is 2.54. The summed E-state index contributed by atoms with van der Waals surface area (Å²) in [5.74, 6) is 0.0214. The number of rotatable bonds is 2. The lowest BCUT2D eigenvalue weighted by Gasteiger charge is -2.34. The molecule has 19 heavy (non-hydrogen) atoms. The van der Waals surface area contributed by atoms with E-state index in [-0.39, 0.29) is 36.0 Å². The van der Waals surface area contributed by atoms with E-state index < -0.39 is 0 Å². The second kappa shape index (κ2) is 4.37. The van der Waals surface area contributed by atoms with Crippen LogP contribution in [-0.4, -0.2) is 28.9 Å². The number of carbonyl (C=O) groups excluding carboxylic acids is 2. The number of benzene rings is 1. The van der Waals surface area contributed by atoms with E-state index in [0.717, 1.165) is 12.0 Å². The number of nitrogens with zero attached hydrogens (tertiary/aromatic N) is 1. The third-order valence-electron chi connectivity index (χ3n) is 4.18. The van der Waals surface area contributed by atoms with Crippen molar-refractivity contribution in [2.45, 2.75) is 38.5 Å². The molecule has 1 aromatic rings. The van der Waals surface area contributed by atoms with Gasteiger partial charge in [-0.1, -0.05) is 30.3 Å². The fourth-order valence-corrected chi connectivity index (χ4v) is 3.47. The standard InChI is InChI=1S/C15H17NO3/c1-9(17)16-13-8-12(15(13)19-10(2)18)14(16)11-6-4-3-5-7-11/h3-7,12-15H,8H2,1-2H3. The first-order valence-corrected chi connectivity index (χ1v) is 6.60. The molecule has 3 fully saturated rings. The van der Waals surface area contributed by atoms with Gasteiger partial charge in [-0.25, -0.2) is 0 Å². The maximum absolute atomic E-state index is 11.9. The largest absolute Gasteiger partial charge is 0.460 e. The van der Waals surface area contributed by atoms with Crippen molar-refractivity contribution in [1.29, 1.82) is 0 Å². The minimum absolute atomic E-state index is 0.0491. The maximum atomic E-state index is 11.9. The Bertz CT molecular complexity index is 513. The van der Waals surface area contributed by atoms with Gasteiger partial charge in [-0.2, -0.15) is 0 Å². The average Bonchev–Trinajstić information content (AvgIpc) is 2.90. The molecule has 1 aliphatic carbocycles. The van der Waals surface area contributed by atoms with E-state index in [2.05, 4.69) is 0 Å². The predicted octanol–water partition coefficient (Wildman–Crippen LogP) is 1.91. The molecule has 4 heteroatoms. The second-order valence-corrected chi connectivity index (χ2v) is 5.32. The van der Waals surface area contributed by atoms with Gasteiger partial charge in [-0.15, -0.1) is 0 Å². The summed E-state index contributed by atoms with van der Waals surface area (Å²) in [4.78, 5) is 24.9. The van der Waals surface area contributed by atoms with Gasteiger partial charge >= 0.3 is 5.97 Å². The fraction of sp³-hybridized carbons (Fsp3) is 0.467. The Balaban J connectivity index is 1.91. The highest BCUT2D eigenvalue weighted by atomic mass is 16.5. The van der Waals surface area contributed by atoms with Crippen molar-refractivity contribution in [2.75, 3.05) is 0 Å². The van der Waals surface area contributed by atoms with Crippen LogP contribution in [0.15, 0.2) is 30.3 Å². The zero-order valence-corrected chi connectivity index (χ0v) is 11.1. The van der Waals surface area contributed by atoms with Crippen molar-refractivity contribution in [3.8, 4) is 0 Å². The first-order chi connectivity index (χ1) is 9.09. The van der Waals surface area contributed by atoms with Gasteiger partial charge in [0.15, 0.2) is 0 Å². The molecule has 2 bridgehead atoms. The van der Waals surface area contributed by atoms with Crippen LogP contribution in [0.25, 0.3) is 0 Å². The SMILES string of the molecule is CC(=O)OC1C2CC1N(C(C)=O)C2c1ccccc1. The van der Waals surface area contributed by atoms with E-state index in [9.17, 15) is 9.59 Å². The molecule has 2 saturated heterocycles. The lowest BCUT2D eigenvalue weighted by molar-refractivity contribution is -0.156. The molecule has 2 aliphatic heterocycles. The molecular formula is C15H17NO3. The number of amides is 1. The van der Waals surface area contributed by atoms with E-state index in [0.29, 0.717) is 0 Å². The summed E-state index contributed by atoms with van der Waals surface area (Å²) in [5.41, 5.74) is 1.12. The van der Waals surface area contributed by atoms with Crippen LogP contribution < -0.4 is 0 Å². The highest BCUT2D eigenvalue weighted by molar-refractivity contribution is 5.76. The molecule has 0 N–H and O–H groups in total. The zero-order chi connectivity index (χ0) is 13.6. The van der Waals surface area contributed by atoms with Crippen molar-refractivity contribution in [3.05, 3.63) is 35.9 Å². The number of ether oxygens (including phenoxy) is 1. The quantitative estimate of drug-likeness (QED) is 0.762. The highest BCUT2D eigenvalue weighted by Gasteiger charge is 2.61. The summed E-state index contributed by atoms with van der Waals surface area (Å²) in [7, 11) is 0. The van der Waals surface area contributed by atoms with Gasteiger partial charge in [0.2, 0.25) is 5.91 Å². The number of hydrogen-bond donors (Lipinski definition) is 0. The average molecular weight is 259 g/mol. The Hall–Kier alpha value is -1.84. The molecule has 0 radical (unpaired) electrons. The van der Waals surface area contributed by atoms with Crippen molar-refractivity contribution in [3.63, 3.8) is 0 Å². The van der Waals surface area contributed by atoms with E-state index in [1.807, 2.05) is 35.2 Å². The van der Waals surface area contributed by atoms with Gasteiger partial charge in [0.1, 0.15) is 6.10 Å². The Kier molecular flexibility index (Phi) is 2.81. The van der Waals surface area contributed by atoms with Crippen molar-refractivity contribution >= 4 is 11.9 Å². The molecule has 4 unspecified atom stereocenters. The lowest BCUT2D eigenvalue weighted by Crippen LogP contribution is -2.47. The van der Waals surface area contributed by atoms with Gasteiger partial charge in [0.05, 0.1) is 12.1 Å². The van der Waals surface area contributed by atoms with E-state index in [4.69, 9.17) is 4.74 Å². The van der Waals surface area contributed by atoms with Gasteiger partial charge in [-0.05, 0) is 12.0 Å². The molecule has 1 saturated carbocycles. The normalized spacial score (nSPS) is 31.8. The molecule has 4 rings (SSSR count). The van der Waals surface area contributed by atoms with Crippen molar-refractivity contribution < 1.29 is 14.3 Å². The molecule has 1 amide bonds. The van der Waals surface area contributed by atoms with Crippen LogP contribution in [0.4, 0.5) is 0 Å². The molecule has 3 aliphatic rings. The Labute approximate surface area is 112 Å². The smallest absolute Gasteiger partial charge is 0.302 e. The van der Waals surface area contributed by atoms with Crippen molar-refractivity contribution in [1.82, 2.24) is 4.90 Å². The zero-order valence-electron chi connectivity index (χ0n) is 11.1. The Morgan fingerprint density at radius 1 is 1.21 bits per heavy atom. The molecule has 0 spiro atoms. The van der Waals surface area contributed by atoms with Crippen LogP contribution in [0.3, 0.4) is 0 Å². The molecule has 0 aromatic heterocycles. The van der Waals surface area contributed by atoms with Crippen LogP contribution in [0.1, 0.15) is 31.9 Å². The number of fused-ring (bicyclic) bond motifs is 1. The van der Waals surface area contributed by atoms with Crippen molar-refractivity contribution in [2.24, 2.45) is 5.92 Å². The Morgan fingerprint density at radius 3 is 2.47 bits per heavy atom. The Morgan fingerprint density at radius 2 is 1.89 bits per heavy atom. The topological polar surface area (TPSA) is 46.6 Å². The molecule has 2 heterocycles. The number of esters is 1. The third-order valence-corrected chi connectivity index (χ3v) is 4.18. The monoisotopic (exact) mass is 259 g/mol. The van der Waals surface area contributed by atoms with Crippen LogP contribution >= 0.6 is 0 Å². The maximum Gasteiger partial charge on any atom is 0.302 e. The van der Waals surface area contributed by atoms with Crippen LogP contribution in [0.2, 0.25) is 0 Å². The van der Waals surface area contributed by atoms with Gasteiger partial charge in [0, 0.05) is 19.8 Å². The first-order valence-electron chi connectivity index (χ1n) is 6.60. The van der Waals surface area contributed by atoms with E-state index >= 15 is 0 Å².